The fourth-order valence-corrected chi connectivity index (χ4v) is 3.54. The Bertz CT molecular complexity index is 695. The number of hydrogen-bond acceptors (Lipinski definition) is 7. The molecule has 0 aromatic heterocycles. The molecule has 7 nitrogen and oxygen atoms in total. The van der Waals surface area contributed by atoms with Gasteiger partial charge < -0.3 is 19.5 Å². The summed E-state index contributed by atoms with van der Waals surface area (Å²) in [6.45, 7) is 4.33. The molecule has 1 aliphatic heterocycles. The third-order valence-electron chi connectivity index (χ3n) is 5.55. The maximum Gasteiger partial charge on any atom is 0.326 e. The van der Waals surface area contributed by atoms with E-state index in [1.54, 1.807) is 0 Å². The van der Waals surface area contributed by atoms with Crippen molar-refractivity contribution < 1.29 is 27.8 Å². The summed E-state index contributed by atoms with van der Waals surface area (Å²) in [5, 5.41) is 6.11. The van der Waals surface area contributed by atoms with Crippen molar-refractivity contribution >= 4 is 5.97 Å². The number of carbonyl (C=O) groups is 1. The van der Waals surface area contributed by atoms with E-state index in [1.807, 2.05) is 0 Å². The number of nitrogens with one attached hydrogen (secondary N) is 2. The molecule has 0 bridgehead atoms. The quantitative estimate of drug-likeness (QED) is 0.341. The summed E-state index contributed by atoms with van der Waals surface area (Å²) in [4.78, 5) is 14.0. The Morgan fingerprint density at radius 1 is 1.24 bits per heavy atom. The Morgan fingerprint density at radius 2 is 2.00 bits per heavy atom. The van der Waals surface area contributed by atoms with Crippen LogP contribution in [0.1, 0.15) is 24.8 Å². The molecule has 1 saturated carbocycles. The number of methoxy groups -OCH3 is 1. The van der Waals surface area contributed by atoms with Gasteiger partial charge in [0.25, 0.3) is 0 Å². The minimum absolute atomic E-state index is 0.0863. The van der Waals surface area contributed by atoms with Crippen LogP contribution in [0.4, 0.5) is 8.78 Å². The topological polar surface area (TPSA) is 72.1 Å². The number of nitrogens with zero attached hydrogens (tertiary/aromatic N) is 1. The SMILES string of the molecule is COC(=O)C1(NCNCc2ccc(OCCN3CCOCC3)c(F)c2F)CCC1. The Kier molecular flexibility index (Phi) is 7.77. The first-order valence-corrected chi connectivity index (χ1v) is 10.00. The van der Waals surface area contributed by atoms with Crippen LogP contribution in [0.3, 0.4) is 0 Å². The van der Waals surface area contributed by atoms with E-state index in [2.05, 4.69) is 15.5 Å². The van der Waals surface area contributed by atoms with E-state index < -0.39 is 17.2 Å². The van der Waals surface area contributed by atoms with Gasteiger partial charge in [0.1, 0.15) is 12.1 Å². The van der Waals surface area contributed by atoms with Gasteiger partial charge in [-0.15, -0.1) is 0 Å². The second-order valence-corrected chi connectivity index (χ2v) is 7.36. The van der Waals surface area contributed by atoms with Gasteiger partial charge in [0.2, 0.25) is 5.82 Å². The molecular formula is C20H29F2N3O4. The van der Waals surface area contributed by atoms with E-state index in [9.17, 15) is 13.6 Å². The monoisotopic (exact) mass is 413 g/mol. The molecule has 2 fully saturated rings. The second-order valence-electron chi connectivity index (χ2n) is 7.36. The summed E-state index contributed by atoms with van der Waals surface area (Å²) < 4.78 is 44.2. The van der Waals surface area contributed by atoms with Gasteiger partial charge >= 0.3 is 5.97 Å². The van der Waals surface area contributed by atoms with Crippen molar-refractivity contribution in [2.75, 3.05) is 53.2 Å². The zero-order valence-electron chi connectivity index (χ0n) is 16.8. The van der Waals surface area contributed by atoms with E-state index in [0.29, 0.717) is 32.6 Å². The van der Waals surface area contributed by atoms with Crippen molar-refractivity contribution in [3.05, 3.63) is 29.3 Å². The predicted molar refractivity (Wildman–Crippen MR) is 103 cm³/mol. The van der Waals surface area contributed by atoms with Gasteiger partial charge in [-0.3, -0.25) is 15.0 Å². The van der Waals surface area contributed by atoms with Crippen LogP contribution in [-0.2, 0) is 20.8 Å². The molecule has 1 heterocycles. The van der Waals surface area contributed by atoms with Crippen molar-refractivity contribution in [2.45, 2.75) is 31.3 Å². The van der Waals surface area contributed by atoms with E-state index in [4.69, 9.17) is 14.2 Å². The minimum Gasteiger partial charge on any atom is -0.489 e. The van der Waals surface area contributed by atoms with E-state index in [1.165, 1.54) is 19.2 Å². The van der Waals surface area contributed by atoms with Crippen LogP contribution in [0.15, 0.2) is 12.1 Å². The number of carbonyl (C=O) groups excluding carboxylic acids is 1. The van der Waals surface area contributed by atoms with Crippen molar-refractivity contribution in [1.82, 2.24) is 15.5 Å². The lowest BCUT2D eigenvalue weighted by molar-refractivity contribution is -0.152. The molecule has 1 aromatic carbocycles. The lowest BCUT2D eigenvalue weighted by atomic mass is 9.77. The average Bonchev–Trinajstić information content (AvgIpc) is 2.71. The first-order chi connectivity index (χ1) is 14.1. The number of ether oxygens (including phenoxy) is 3. The van der Waals surface area contributed by atoms with Gasteiger partial charge in [-0.1, -0.05) is 6.07 Å². The summed E-state index contributed by atoms with van der Waals surface area (Å²) in [5.41, 5.74) is -0.463. The highest BCUT2D eigenvalue weighted by Gasteiger charge is 2.44. The average molecular weight is 413 g/mol. The van der Waals surface area contributed by atoms with Crippen molar-refractivity contribution in [2.24, 2.45) is 0 Å². The lowest BCUT2D eigenvalue weighted by Gasteiger charge is -2.39. The highest BCUT2D eigenvalue weighted by atomic mass is 19.2. The van der Waals surface area contributed by atoms with E-state index in [-0.39, 0.29) is 37.1 Å². The number of benzene rings is 1. The number of halogens is 2. The van der Waals surface area contributed by atoms with Crippen LogP contribution >= 0.6 is 0 Å². The first kappa shape index (κ1) is 21.9. The third-order valence-corrected chi connectivity index (χ3v) is 5.55. The van der Waals surface area contributed by atoms with Crippen LogP contribution in [-0.4, -0.2) is 69.6 Å². The number of morpholine rings is 1. The Hall–Kier alpha value is -1.81. The number of rotatable bonds is 10. The van der Waals surface area contributed by atoms with Crippen molar-refractivity contribution in [3.8, 4) is 5.75 Å². The summed E-state index contributed by atoms with van der Waals surface area (Å²) in [5.74, 6) is -2.28. The molecule has 2 aliphatic rings. The van der Waals surface area contributed by atoms with Crippen molar-refractivity contribution in [3.63, 3.8) is 0 Å². The van der Waals surface area contributed by atoms with Gasteiger partial charge in [0.05, 0.1) is 20.3 Å². The van der Waals surface area contributed by atoms with Crippen LogP contribution in [0.2, 0.25) is 0 Å². The normalized spacial score (nSPS) is 18.9. The predicted octanol–water partition coefficient (Wildman–Crippen LogP) is 1.41. The Labute approximate surface area is 169 Å². The molecule has 0 spiro atoms. The highest BCUT2D eigenvalue weighted by molar-refractivity contribution is 5.81. The standard InChI is InChI=1S/C20H29F2N3O4/c1-27-19(26)20(5-2-6-20)24-14-23-13-15-3-4-16(18(22)17(15)21)29-12-9-25-7-10-28-11-8-25/h3-4,23-24H,2,5-14H2,1H3. The van der Waals surface area contributed by atoms with Gasteiger partial charge in [0, 0.05) is 38.4 Å². The van der Waals surface area contributed by atoms with Gasteiger partial charge in [-0.05, 0) is 25.3 Å². The van der Waals surface area contributed by atoms with Crippen LogP contribution in [0, 0.1) is 11.6 Å². The number of esters is 1. The Morgan fingerprint density at radius 3 is 2.66 bits per heavy atom. The third kappa shape index (κ3) is 5.42. The molecule has 0 atom stereocenters. The minimum atomic E-state index is -0.982. The van der Waals surface area contributed by atoms with E-state index in [0.717, 1.165) is 19.5 Å². The molecule has 2 N–H and O–H groups in total. The lowest BCUT2D eigenvalue weighted by Crippen LogP contribution is -2.59. The molecule has 3 rings (SSSR count). The molecule has 0 unspecified atom stereocenters. The maximum absolute atomic E-state index is 14.3. The van der Waals surface area contributed by atoms with Crippen molar-refractivity contribution in [1.29, 1.82) is 0 Å². The molecule has 162 valence electrons. The molecule has 0 amide bonds. The molecule has 29 heavy (non-hydrogen) atoms. The molecule has 9 heteroatoms. The van der Waals surface area contributed by atoms with Crippen LogP contribution in [0.5, 0.6) is 5.75 Å². The summed E-state index contributed by atoms with van der Waals surface area (Å²) >= 11 is 0. The van der Waals surface area contributed by atoms with Gasteiger partial charge in [-0.2, -0.15) is 4.39 Å². The largest absolute Gasteiger partial charge is 0.489 e. The smallest absolute Gasteiger partial charge is 0.326 e. The maximum atomic E-state index is 14.3. The van der Waals surface area contributed by atoms with Crippen LogP contribution in [0.25, 0.3) is 0 Å². The zero-order chi connectivity index (χ0) is 20.7. The van der Waals surface area contributed by atoms with E-state index >= 15 is 0 Å². The summed E-state index contributed by atoms with van der Waals surface area (Å²) in [6, 6.07) is 2.96. The molecule has 0 radical (unpaired) electrons. The summed E-state index contributed by atoms with van der Waals surface area (Å²) in [7, 11) is 1.36. The van der Waals surface area contributed by atoms with Crippen LogP contribution < -0.4 is 15.4 Å². The molecular weight excluding hydrogens is 384 g/mol. The fourth-order valence-electron chi connectivity index (χ4n) is 3.54. The summed E-state index contributed by atoms with van der Waals surface area (Å²) in [6.07, 6.45) is 2.37. The molecule has 1 aromatic rings. The number of hydrogen-bond donors (Lipinski definition) is 2. The second kappa shape index (κ2) is 10.3. The first-order valence-electron chi connectivity index (χ1n) is 10.00. The molecule has 1 saturated heterocycles. The Balaban J connectivity index is 1.44. The van der Waals surface area contributed by atoms with Gasteiger partial charge in [-0.25, -0.2) is 4.39 Å². The zero-order valence-corrected chi connectivity index (χ0v) is 16.8. The van der Waals surface area contributed by atoms with Gasteiger partial charge in [0.15, 0.2) is 11.6 Å². The fraction of sp³-hybridized carbons (Fsp3) is 0.650. The highest BCUT2D eigenvalue weighted by Crippen LogP contribution is 2.32. The molecule has 1 aliphatic carbocycles.